The molecule has 4 rings (SSSR count). The van der Waals surface area contributed by atoms with Crippen LogP contribution >= 0.6 is 35.3 Å². The summed E-state index contributed by atoms with van der Waals surface area (Å²) in [6, 6.07) is 10.3. The van der Waals surface area contributed by atoms with Crippen molar-refractivity contribution >= 4 is 41.3 Å². The monoisotopic (exact) mass is 552 g/mol. The first-order valence-corrected chi connectivity index (χ1v) is 11.2. The van der Waals surface area contributed by atoms with Gasteiger partial charge < -0.3 is 15.0 Å². The third kappa shape index (κ3) is 6.27. The maximum absolute atomic E-state index is 5.97. The number of guanidine groups is 1. The minimum absolute atomic E-state index is 0. The second kappa shape index (κ2) is 11.6. The molecule has 31 heavy (non-hydrogen) atoms. The van der Waals surface area contributed by atoms with E-state index in [2.05, 4.69) is 39.8 Å². The SMILES string of the molecule is CCNC(=NCCc1csc(-c2ccccc2)n1)N1CCOC(c2cnn(C)c2)C1.I. The fraction of sp³-hybridized carbons (Fsp3) is 0.409. The highest BCUT2D eigenvalue weighted by atomic mass is 127. The van der Waals surface area contributed by atoms with E-state index in [-0.39, 0.29) is 30.1 Å². The molecule has 0 saturated carbocycles. The third-order valence-electron chi connectivity index (χ3n) is 5.00. The van der Waals surface area contributed by atoms with Crippen molar-refractivity contribution in [3.05, 3.63) is 59.4 Å². The number of rotatable bonds is 6. The van der Waals surface area contributed by atoms with Gasteiger partial charge in [0, 0.05) is 55.8 Å². The van der Waals surface area contributed by atoms with Gasteiger partial charge in [-0.25, -0.2) is 4.98 Å². The first-order valence-electron chi connectivity index (χ1n) is 10.4. The second-order valence-corrected chi connectivity index (χ2v) is 8.11. The molecule has 3 heterocycles. The molecular weight excluding hydrogens is 523 g/mol. The molecule has 1 aliphatic heterocycles. The Morgan fingerprint density at radius 3 is 2.90 bits per heavy atom. The zero-order valence-electron chi connectivity index (χ0n) is 17.9. The number of thiazole rings is 1. The van der Waals surface area contributed by atoms with Gasteiger partial charge in [0.15, 0.2) is 5.96 Å². The van der Waals surface area contributed by atoms with E-state index >= 15 is 0 Å². The van der Waals surface area contributed by atoms with Gasteiger partial charge in [-0.1, -0.05) is 30.3 Å². The molecule has 0 spiro atoms. The van der Waals surface area contributed by atoms with Crippen molar-refractivity contribution in [3.63, 3.8) is 0 Å². The Kier molecular flexibility index (Phi) is 8.85. The summed E-state index contributed by atoms with van der Waals surface area (Å²) in [6.07, 6.45) is 4.74. The Bertz CT molecular complexity index is 973. The summed E-state index contributed by atoms with van der Waals surface area (Å²) in [7, 11) is 1.93. The van der Waals surface area contributed by atoms with Crippen molar-refractivity contribution in [1.82, 2.24) is 25.0 Å². The summed E-state index contributed by atoms with van der Waals surface area (Å²) in [5.74, 6) is 0.938. The van der Waals surface area contributed by atoms with Crippen molar-refractivity contribution in [1.29, 1.82) is 0 Å². The van der Waals surface area contributed by atoms with Gasteiger partial charge >= 0.3 is 0 Å². The van der Waals surface area contributed by atoms with Crippen LogP contribution in [0, 0.1) is 0 Å². The number of aromatic nitrogens is 3. The molecule has 9 heteroatoms. The Hall–Kier alpha value is -1.98. The molecule has 0 amide bonds. The Morgan fingerprint density at radius 1 is 1.32 bits per heavy atom. The van der Waals surface area contributed by atoms with Gasteiger partial charge in [-0.3, -0.25) is 9.67 Å². The molecule has 0 aliphatic carbocycles. The van der Waals surface area contributed by atoms with Crippen LogP contribution in [0.3, 0.4) is 0 Å². The van der Waals surface area contributed by atoms with Crippen LogP contribution in [0.1, 0.15) is 24.3 Å². The van der Waals surface area contributed by atoms with E-state index in [1.165, 1.54) is 5.56 Å². The van der Waals surface area contributed by atoms with E-state index in [1.807, 2.05) is 42.3 Å². The van der Waals surface area contributed by atoms with Gasteiger partial charge in [0.1, 0.15) is 11.1 Å². The molecule has 2 aromatic heterocycles. The zero-order chi connectivity index (χ0) is 20.8. The average Bonchev–Trinajstić information content (AvgIpc) is 3.43. The van der Waals surface area contributed by atoms with E-state index in [1.54, 1.807) is 11.3 Å². The van der Waals surface area contributed by atoms with Gasteiger partial charge in [0.25, 0.3) is 0 Å². The van der Waals surface area contributed by atoms with Crippen LogP contribution in [-0.2, 0) is 18.2 Å². The van der Waals surface area contributed by atoms with Crippen molar-refractivity contribution < 1.29 is 4.74 Å². The van der Waals surface area contributed by atoms with Crippen LogP contribution in [0.2, 0.25) is 0 Å². The largest absolute Gasteiger partial charge is 0.370 e. The first-order chi connectivity index (χ1) is 14.7. The van der Waals surface area contributed by atoms with E-state index in [9.17, 15) is 0 Å². The number of nitrogens with one attached hydrogen (secondary N) is 1. The number of aryl methyl sites for hydroxylation is 1. The molecule has 166 valence electrons. The van der Waals surface area contributed by atoms with Crippen molar-refractivity contribution in [2.75, 3.05) is 32.8 Å². The number of hydrogen-bond donors (Lipinski definition) is 1. The lowest BCUT2D eigenvalue weighted by Gasteiger charge is -2.34. The number of nitrogens with zero attached hydrogens (tertiary/aromatic N) is 5. The quantitative estimate of drug-likeness (QED) is 0.287. The highest BCUT2D eigenvalue weighted by Crippen LogP contribution is 2.24. The smallest absolute Gasteiger partial charge is 0.194 e. The second-order valence-electron chi connectivity index (χ2n) is 7.25. The van der Waals surface area contributed by atoms with Crippen molar-refractivity contribution in [2.24, 2.45) is 12.0 Å². The third-order valence-corrected chi connectivity index (χ3v) is 5.94. The number of aliphatic imine (C=N–C) groups is 1. The van der Waals surface area contributed by atoms with Crippen molar-refractivity contribution in [2.45, 2.75) is 19.4 Å². The van der Waals surface area contributed by atoms with Gasteiger partial charge in [-0.05, 0) is 6.92 Å². The Balaban J connectivity index is 0.00000272. The standard InChI is InChI=1S/C22H28N6OS.HI/c1-3-23-22(28-11-12-29-20(15-28)18-13-25-27(2)14-18)24-10-9-19-16-30-21(26-19)17-7-5-4-6-8-17;/h4-8,13-14,16,20H,3,9-12,15H2,1-2H3,(H,23,24);1H. The lowest BCUT2D eigenvalue weighted by Crippen LogP contribution is -2.48. The predicted molar refractivity (Wildman–Crippen MR) is 136 cm³/mol. The van der Waals surface area contributed by atoms with Crippen LogP contribution in [0.4, 0.5) is 0 Å². The molecule has 1 saturated heterocycles. The molecule has 1 aliphatic rings. The molecule has 1 atom stereocenters. The van der Waals surface area contributed by atoms with Crippen molar-refractivity contribution in [3.8, 4) is 10.6 Å². The first kappa shape index (κ1) is 23.7. The maximum Gasteiger partial charge on any atom is 0.194 e. The highest BCUT2D eigenvalue weighted by Gasteiger charge is 2.25. The van der Waals surface area contributed by atoms with Gasteiger partial charge in [-0.15, -0.1) is 35.3 Å². The number of halogens is 1. The molecular formula is C22H29IN6OS. The van der Waals surface area contributed by atoms with E-state index < -0.39 is 0 Å². The minimum Gasteiger partial charge on any atom is -0.370 e. The minimum atomic E-state index is 0. The lowest BCUT2D eigenvalue weighted by molar-refractivity contribution is -0.00803. The van der Waals surface area contributed by atoms with E-state index in [0.717, 1.165) is 48.3 Å². The van der Waals surface area contributed by atoms with Gasteiger partial charge in [-0.2, -0.15) is 5.10 Å². The molecule has 7 nitrogen and oxygen atoms in total. The molecule has 1 N–H and O–H groups in total. The van der Waals surface area contributed by atoms with Crippen LogP contribution in [0.25, 0.3) is 10.6 Å². The van der Waals surface area contributed by atoms with Crippen LogP contribution in [0.15, 0.2) is 53.1 Å². The molecule has 1 fully saturated rings. The maximum atomic E-state index is 5.97. The molecule has 0 bridgehead atoms. The molecule has 1 unspecified atom stereocenters. The summed E-state index contributed by atoms with van der Waals surface area (Å²) < 4.78 is 7.78. The topological polar surface area (TPSA) is 67.6 Å². The van der Waals surface area contributed by atoms with Gasteiger partial charge in [0.05, 0.1) is 25.0 Å². The summed E-state index contributed by atoms with van der Waals surface area (Å²) in [5, 5.41) is 10.9. The Labute approximate surface area is 204 Å². The van der Waals surface area contributed by atoms with E-state index in [0.29, 0.717) is 13.2 Å². The summed E-state index contributed by atoms with van der Waals surface area (Å²) in [4.78, 5) is 11.9. The Morgan fingerprint density at radius 2 is 2.16 bits per heavy atom. The fourth-order valence-corrected chi connectivity index (χ4v) is 4.35. The number of ether oxygens (including phenoxy) is 1. The zero-order valence-corrected chi connectivity index (χ0v) is 21.0. The highest BCUT2D eigenvalue weighted by molar-refractivity contribution is 14.0. The van der Waals surface area contributed by atoms with Crippen LogP contribution < -0.4 is 5.32 Å². The average molecular weight is 552 g/mol. The summed E-state index contributed by atoms with van der Waals surface area (Å²) in [5.41, 5.74) is 3.36. The number of hydrogen-bond acceptors (Lipinski definition) is 5. The predicted octanol–water partition coefficient (Wildman–Crippen LogP) is 3.74. The lowest BCUT2D eigenvalue weighted by atomic mass is 10.1. The van der Waals surface area contributed by atoms with Crippen LogP contribution in [0.5, 0.6) is 0 Å². The van der Waals surface area contributed by atoms with E-state index in [4.69, 9.17) is 14.7 Å². The summed E-state index contributed by atoms with van der Waals surface area (Å²) >= 11 is 1.69. The van der Waals surface area contributed by atoms with Crippen LogP contribution in [-0.4, -0.2) is 58.4 Å². The molecule has 3 aromatic rings. The number of morpholine rings is 1. The molecule has 0 radical (unpaired) electrons. The number of benzene rings is 1. The molecule has 1 aromatic carbocycles. The normalized spacial score (nSPS) is 16.8. The summed E-state index contributed by atoms with van der Waals surface area (Å²) in [6.45, 7) is 5.92. The fourth-order valence-electron chi connectivity index (χ4n) is 3.49. The van der Waals surface area contributed by atoms with Gasteiger partial charge in [0.2, 0.25) is 0 Å².